The van der Waals surface area contributed by atoms with E-state index >= 15 is 0 Å². The zero-order valence-corrected chi connectivity index (χ0v) is 21.3. The fourth-order valence-corrected chi connectivity index (χ4v) is 4.53. The number of hydrogen-bond acceptors (Lipinski definition) is 8. The van der Waals surface area contributed by atoms with Crippen LogP contribution in [0.3, 0.4) is 0 Å². The van der Waals surface area contributed by atoms with Gasteiger partial charge in [0.25, 0.3) is 5.91 Å². The minimum atomic E-state index is -0.452. The molecule has 11 heteroatoms. The number of carbonyl (C=O) groups is 2. The average Bonchev–Trinajstić information content (AvgIpc) is 3.61. The summed E-state index contributed by atoms with van der Waals surface area (Å²) < 4.78 is 11.1. The van der Waals surface area contributed by atoms with Gasteiger partial charge in [0, 0.05) is 10.6 Å². The van der Waals surface area contributed by atoms with Crippen LogP contribution in [-0.4, -0.2) is 28.2 Å². The fourth-order valence-electron chi connectivity index (χ4n) is 3.62. The zero-order chi connectivity index (χ0) is 26.3. The van der Waals surface area contributed by atoms with E-state index in [4.69, 9.17) is 20.8 Å². The van der Waals surface area contributed by atoms with Gasteiger partial charge in [-0.15, -0.1) is 10.2 Å². The number of carbonyl (C=O) groups excluding carboxylic acids is 2. The number of ether oxygens (including phenoxy) is 1. The molecule has 0 unspecified atom stereocenters. The summed E-state index contributed by atoms with van der Waals surface area (Å²) in [5, 5.41) is 17.9. The Bertz CT molecular complexity index is 1610. The van der Waals surface area contributed by atoms with Gasteiger partial charge in [0.15, 0.2) is 5.76 Å². The summed E-state index contributed by atoms with van der Waals surface area (Å²) in [6, 6.07) is 22.5. The number of halogens is 1. The fraction of sp³-hybridized carbons (Fsp3) is 0.0741. The van der Waals surface area contributed by atoms with E-state index in [-0.39, 0.29) is 17.3 Å². The highest BCUT2D eigenvalue weighted by Crippen LogP contribution is 2.25. The minimum absolute atomic E-state index is 0.0639. The highest BCUT2D eigenvalue weighted by Gasteiger charge is 2.14. The zero-order valence-electron chi connectivity index (χ0n) is 19.8. The molecule has 0 aliphatic rings. The Morgan fingerprint density at radius 1 is 1.05 bits per heavy atom. The molecule has 190 valence electrons. The van der Waals surface area contributed by atoms with Crippen molar-refractivity contribution >= 4 is 56.9 Å². The Morgan fingerprint density at radius 2 is 1.92 bits per heavy atom. The van der Waals surface area contributed by atoms with E-state index in [1.165, 1.54) is 18.5 Å². The first kappa shape index (κ1) is 25.1. The molecule has 2 heterocycles. The summed E-state index contributed by atoms with van der Waals surface area (Å²) in [4.78, 5) is 24.4. The maximum Gasteiger partial charge on any atom is 0.293 e. The molecule has 3 aromatic carbocycles. The number of hydrazone groups is 1. The van der Waals surface area contributed by atoms with Gasteiger partial charge in [0.05, 0.1) is 18.9 Å². The molecule has 2 aromatic heterocycles. The number of nitrogens with one attached hydrogen (secondary N) is 2. The smallest absolute Gasteiger partial charge is 0.293 e. The number of fused-ring (bicyclic) bond motifs is 1. The van der Waals surface area contributed by atoms with E-state index in [1.54, 1.807) is 24.3 Å². The summed E-state index contributed by atoms with van der Waals surface area (Å²) in [6.07, 6.45) is 2.80. The van der Waals surface area contributed by atoms with Crippen LogP contribution in [0.15, 0.2) is 88.6 Å². The van der Waals surface area contributed by atoms with E-state index in [0.717, 1.165) is 27.7 Å². The number of aromatic nitrogens is 2. The minimum Gasteiger partial charge on any atom is -0.488 e. The van der Waals surface area contributed by atoms with Crippen LogP contribution in [-0.2, 0) is 17.8 Å². The van der Waals surface area contributed by atoms with Crippen LogP contribution in [0.2, 0.25) is 5.02 Å². The molecular weight excluding hydrogens is 526 g/mol. The van der Waals surface area contributed by atoms with Crippen molar-refractivity contribution in [1.29, 1.82) is 0 Å². The van der Waals surface area contributed by atoms with Crippen LogP contribution in [0, 0.1) is 0 Å². The van der Waals surface area contributed by atoms with Gasteiger partial charge in [-0.1, -0.05) is 65.4 Å². The second-order valence-corrected chi connectivity index (χ2v) is 9.51. The Morgan fingerprint density at radius 3 is 2.79 bits per heavy atom. The molecule has 0 atom stereocenters. The third-order valence-corrected chi connectivity index (χ3v) is 6.45. The summed E-state index contributed by atoms with van der Waals surface area (Å²) >= 11 is 7.26. The largest absolute Gasteiger partial charge is 0.488 e. The number of nitrogens with zero attached hydrogens (tertiary/aromatic N) is 3. The number of benzene rings is 3. The summed E-state index contributed by atoms with van der Waals surface area (Å²) in [5.74, 6) is -0.134. The van der Waals surface area contributed by atoms with Crippen LogP contribution in [0.25, 0.3) is 10.8 Å². The molecule has 0 saturated heterocycles. The van der Waals surface area contributed by atoms with Crippen LogP contribution in [0.5, 0.6) is 5.75 Å². The second-order valence-electron chi connectivity index (χ2n) is 8.01. The SMILES string of the molecule is O=C(Cc1nnc(NC(=O)c2ccco2)s1)N/N=C/c1cc(Cl)ccc1OCc1cccc2ccccc12. The molecule has 38 heavy (non-hydrogen) atoms. The quantitative estimate of drug-likeness (QED) is 0.187. The normalized spacial score (nSPS) is 11.1. The molecule has 0 radical (unpaired) electrons. The molecular formula is C27H20ClN5O4S. The standard InChI is InChI=1S/C27H20ClN5O4S/c28-20-10-11-22(37-16-18-7-3-6-17-5-1-2-8-21(17)18)19(13-20)15-29-31-24(34)14-25-32-33-27(38-25)30-26(35)23-9-4-12-36-23/h1-13,15H,14,16H2,(H,31,34)(H,30,33,35)/b29-15+. The molecule has 0 saturated carbocycles. The lowest BCUT2D eigenvalue weighted by Crippen LogP contribution is -2.19. The summed E-state index contributed by atoms with van der Waals surface area (Å²) in [6.45, 7) is 0.353. The van der Waals surface area contributed by atoms with E-state index in [9.17, 15) is 9.59 Å². The molecule has 5 aromatic rings. The number of anilines is 1. The molecule has 0 fully saturated rings. The van der Waals surface area contributed by atoms with Crippen LogP contribution >= 0.6 is 22.9 Å². The van der Waals surface area contributed by atoms with Gasteiger partial charge in [-0.25, -0.2) is 5.43 Å². The lowest BCUT2D eigenvalue weighted by atomic mass is 10.1. The topological polar surface area (TPSA) is 119 Å². The van der Waals surface area contributed by atoms with E-state index in [0.29, 0.717) is 28.0 Å². The number of hydrogen-bond donors (Lipinski definition) is 2. The molecule has 0 aliphatic heterocycles. The van der Waals surface area contributed by atoms with Crippen molar-refractivity contribution in [1.82, 2.24) is 15.6 Å². The van der Waals surface area contributed by atoms with E-state index < -0.39 is 11.8 Å². The van der Waals surface area contributed by atoms with Gasteiger partial charge >= 0.3 is 0 Å². The van der Waals surface area contributed by atoms with Crippen molar-refractivity contribution in [2.24, 2.45) is 5.10 Å². The monoisotopic (exact) mass is 545 g/mol. The molecule has 2 N–H and O–H groups in total. The van der Waals surface area contributed by atoms with Gasteiger partial charge in [-0.3, -0.25) is 14.9 Å². The first-order valence-corrected chi connectivity index (χ1v) is 12.6. The third kappa shape index (κ3) is 6.23. The van der Waals surface area contributed by atoms with Gasteiger partial charge < -0.3 is 9.15 Å². The molecule has 0 bridgehead atoms. The molecule has 9 nitrogen and oxygen atoms in total. The Labute approximate surface area is 226 Å². The number of rotatable bonds is 9. The predicted molar refractivity (Wildman–Crippen MR) is 146 cm³/mol. The predicted octanol–water partition coefficient (Wildman–Crippen LogP) is 5.46. The summed E-state index contributed by atoms with van der Waals surface area (Å²) in [5.41, 5.74) is 4.12. The van der Waals surface area contributed by atoms with Crippen LogP contribution in [0.1, 0.15) is 26.7 Å². The Hall–Kier alpha value is -4.54. The second kappa shape index (κ2) is 11.7. The first-order valence-electron chi connectivity index (χ1n) is 11.4. The van der Waals surface area contributed by atoms with Crippen LogP contribution < -0.4 is 15.5 Å². The number of amides is 2. The lowest BCUT2D eigenvalue weighted by molar-refractivity contribution is -0.120. The van der Waals surface area contributed by atoms with Gasteiger partial charge in [-0.05, 0) is 46.7 Å². The van der Waals surface area contributed by atoms with E-state index in [2.05, 4.69) is 44.2 Å². The van der Waals surface area contributed by atoms with Gasteiger partial charge in [0.1, 0.15) is 17.4 Å². The van der Waals surface area contributed by atoms with Crippen molar-refractivity contribution < 1.29 is 18.7 Å². The Kier molecular flexibility index (Phi) is 7.72. The number of furan rings is 1. The average molecular weight is 546 g/mol. The lowest BCUT2D eigenvalue weighted by Gasteiger charge is -2.11. The third-order valence-electron chi connectivity index (χ3n) is 5.37. The van der Waals surface area contributed by atoms with Crippen molar-refractivity contribution in [3.8, 4) is 5.75 Å². The van der Waals surface area contributed by atoms with Crippen molar-refractivity contribution in [3.63, 3.8) is 0 Å². The first-order chi connectivity index (χ1) is 18.5. The molecule has 0 spiro atoms. The van der Waals surface area contributed by atoms with Crippen LogP contribution in [0.4, 0.5) is 5.13 Å². The van der Waals surface area contributed by atoms with Crippen molar-refractivity contribution in [3.05, 3.63) is 106 Å². The highest BCUT2D eigenvalue weighted by atomic mass is 35.5. The van der Waals surface area contributed by atoms with Gasteiger partial charge in [-0.2, -0.15) is 5.10 Å². The van der Waals surface area contributed by atoms with Crippen molar-refractivity contribution in [2.75, 3.05) is 5.32 Å². The maximum absolute atomic E-state index is 12.4. The molecule has 5 rings (SSSR count). The molecule has 0 aliphatic carbocycles. The molecule has 2 amide bonds. The summed E-state index contributed by atoms with van der Waals surface area (Å²) in [7, 11) is 0. The van der Waals surface area contributed by atoms with Gasteiger partial charge in [0.2, 0.25) is 11.0 Å². The van der Waals surface area contributed by atoms with Crippen molar-refractivity contribution in [2.45, 2.75) is 13.0 Å². The Balaban J connectivity index is 1.18. The highest BCUT2D eigenvalue weighted by molar-refractivity contribution is 7.15. The van der Waals surface area contributed by atoms with E-state index in [1.807, 2.05) is 24.3 Å². The maximum atomic E-state index is 12.4.